The van der Waals surface area contributed by atoms with Crippen LogP contribution in [0.2, 0.25) is 0 Å². The summed E-state index contributed by atoms with van der Waals surface area (Å²) >= 11 is 0. The molecule has 14 heavy (non-hydrogen) atoms. The quantitative estimate of drug-likeness (QED) is 0.658. The van der Waals surface area contributed by atoms with Gasteiger partial charge in [0.15, 0.2) is 0 Å². The predicted molar refractivity (Wildman–Crippen MR) is 52.5 cm³/mol. The number of aromatic nitrogens is 4. The molecule has 2 rings (SSSR count). The summed E-state index contributed by atoms with van der Waals surface area (Å²) in [6.07, 6.45) is 1.73. The molecule has 0 aliphatic carbocycles. The van der Waals surface area contributed by atoms with E-state index in [1.807, 2.05) is 30.3 Å². The fourth-order valence-corrected chi connectivity index (χ4v) is 1.01. The van der Waals surface area contributed by atoms with E-state index in [2.05, 4.69) is 20.5 Å². The first-order chi connectivity index (χ1) is 6.86. The predicted octanol–water partition coefficient (Wildman–Crippen LogP) is 0.961. The number of benzene rings is 1. The van der Waals surface area contributed by atoms with E-state index in [9.17, 15) is 0 Å². The Labute approximate surface area is 81.1 Å². The Kier molecular flexibility index (Phi) is 2.31. The lowest BCUT2D eigenvalue weighted by molar-refractivity contribution is 0.712. The van der Waals surface area contributed by atoms with Crippen LogP contribution in [0.3, 0.4) is 0 Å². The van der Waals surface area contributed by atoms with E-state index in [0.717, 1.165) is 5.56 Å². The minimum atomic E-state index is 0.494. The number of aryl methyl sites for hydroxylation is 1. The number of hydrogen-bond acceptors (Lipinski definition) is 4. The molecule has 0 aliphatic heterocycles. The van der Waals surface area contributed by atoms with Crippen molar-refractivity contribution in [3.8, 4) is 0 Å². The standard InChI is InChI=1S/C9H9N5/c1-14-9(11-12-13-14)10-7-8-5-3-2-4-6-8/h2-7H,1H3/b10-7+. The summed E-state index contributed by atoms with van der Waals surface area (Å²) in [6, 6.07) is 9.80. The first-order valence-corrected chi connectivity index (χ1v) is 4.18. The third-order valence-electron chi connectivity index (χ3n) is 1.73. The molecule has 5 heteroatoms. The zero-order valence-corrected chi connectivity index (χ0v) is 7.70. The van der Waals surface area contributed by atoms with Gasteiger partial charge in [-0.3, -0.25) is 0 Å². The molecule has 0 amide bonds. The van der Waals surface area contributed by atoms with Gasteiger partial charge in [-0.05, 0) is 16.0 Å². The van der Waals surface area contributed by atoms with Crippen LogP contribution in [-0.2, 0) is 7.05 Å². The topological polar surface area (TPSA) is 56.0 Å². The second-order valence-corrected chi connectivity index (χ2v) is 2.77. The number of rotatable bonds is 2. The summed E-state index contributed by atoms with van der Waals surface area (Å²) in [5.74, 6) is 0.494. The fraction of sp³-hybridized carbons (Fsp3) is 0.111. The van der Waals surface area contributed by atoms with Crippen LogP contribution in [0, 0.1) is 0 Å². The van der Waals surface area contributed by atoms with Crippen LogP contribution >= 0.6 is 0 Å². The van der Waals surface area contributed by atoms with Crippen molar-refractivity contribution >= 4 is 12.2 Å². The molecule has 0 aliphatic rings. The van der Waals surface area contributed by atoms with Crippen molar-refractivity contribution in [2.75, 3.05) is 0 Å². The normalized spacial score (nSPS) is 10.9. The summed E-state index contributed by atoms with van der Waals surface area (Å²) in [6.45, 7) is 0. The molecule has 0 unspecified atom stereocenters. The zero-order valence-electron chi connectivity index (χ0n) is 7.70. The molecule has 1 aromatic carbocycles. The zero-order chi connectivity index (χ0) is 9.80. The summed E-state index contributed by atoms with van der Waals surface area (Å²) in [7, 11) is 1.75. The Hall–Kier alpha value is -2.04. The molecule has 1 aromatic heterocycles. The summed E-state index contributed by atoms with van der Waals surface area (Å²) in [5, 5.41) is 10.9. The van der Waals surface area contributed by atoms with E-state index in [-0.39, 0.29) is 0 Å². The van der Waals surface area contributed by atoms with Gasteiger partial charge < -0.3 is 0 Å². The first kappa shape index (κ1) is 8.55. The fourth-order valence-electron chi connectivity index (χ4n) is 1.01. The van der Waals surface area contributed by atoms with E-state index in [0.29, 0.717) is 5.95 Å². The van der Waals surface area contributed by atoms with Crippen LogP contribution in [0.15, 0.2) is 35.3 Å². The second-order valence-electron chi connectivity index (χ2n) is 2.77. The molecule has 0 radical (unpaired) electrons. The monoisotopic (exact) mass is 187 g/mol. The van der Waals surface area contributed by atoms with E-state index >= 15 is 0 Å². The molecule has 0 bridgehead atoms. The molecular weight excluding hydrogens is 178 g/mol. The van der Waals surface area contributed by atoms with E-state index in [1.165, 1.54) is 4.68 Å². The summed E-state index contributed by atoms with van der Waals surface area (Å²) < 4.78 is 1.51. The van der Waals surface area contributed by atoms with Crippen molar-refractivity contribution in [3.05, 3.63) is 35.9 Å². The summed E-state index contributed by atoms with van der Waals surface area (Å²) in [4.78, 5) is 4.14. The molecule has 0 atom stereocenters. The second kappa shape index (κ2) is 3.78. The van der Waals surface area contributed by atoms with Gasteiger partial charge in [0.25, 0.3) is 5.95 Å². The van der Waals surface area contributed by atoms with Crippen molar-refractivity contribution in [2.45, 2.75) is 0 Å². The maximum absolute atomic E-state index is 4.14. The van der Waals surface area contributed by atoms with Gasteiger partial charge >= 0.3 is 0 Å². The molecule has 0 fully saturated rings. The van der Waals surface area contributed by atoms with Crippen molar-refractivity contribution in [2.24, 2.45) is 12.0 Å². The Bertz CT molecular complexity index is 431. The molecule has 70 valence electrons. The number of aliphatic imine (C=N–C) groups is 1. The SMILES string of the molecule is Cn1nnnc1/N=C/c1ccccc1. The Morgan fingerprint density at radius 3 is 2.71 bits per heavy atom. The summed E-state index contributed by atoms with van der Waals surface area (Å²) in [5.41, 5.74) is 1.02. The highest BCUT2D eigenvalue weighted by atomic mass is 15.6. The Morgan fingerprint density at radius 1 is 1.29 bits per heavy atom. The van der Waals surface area contributed by atoms with Gasteiger partial charge in [0.1, 0.15) is 0 Å². The molecule has 0 saturated heterocycles. The highest BCUT2D eigenvalue weighted by Gasteiger charge is 1.96. The van der Waals surface area contributed by atoms with Gasteiger partial charge in [0.05, 0.1) is 0 Å². The third kappa shape index (κ3) is 1.82. The molecule has 0 N–H and O–H groups in total. The Balaban J connectivity index is 2.20. The third-order valence-corrected chi connectivity index (χ3v) is 1.73. The van der Waals surface area contributed by atoms with Gasteiger partial charge in [-0.2, -0.15) is 0 Å². The van der Waals surface area contributed by atoms with Gasteiger partial charge in [0.2, 0.25) is 0 Å². The lowest BCUT2D eigenvalue weighted by atomic mass is 10.2. The van der Waals surface area contributed by atoms with Crippen molar-refractivity contribution in [1.29, 1.82) is 0 Å². The average molecular weight is 187 g/mol. The lowest BCUT2D eigenvalue weighted by Gasteiger charge is -1.90. The number of tetrazole rings is 1. The smallest absolute Gasteiger partial charge is 0.218 e. The molecule has 0 spiro atoms. The van der Waals surface area contributed by atoms with Gasteiger partial charge in [-0.25, -0.2) is 9.67 Å². The lowest BCUT2D eigenvalue weighted by Crippen LogP contribution is -1.89. The first-order valence-electron chi connectivity index (χ1n) is 4.18. The minimum absolute atomic E-state index is 0.494. The average Bonchev–Trinajstić information content (AvgIpc) is 2.63. The van der Waals surface area contributed by atoms with Gasteiger partial charge in [-0.1, -0.05) is 35.4 Å². The molecule has 2 aromatic rings. The van der Waals surface area contributed by atoms with Crippen LogP contribution in [0.1, 0.15) is 5.56 Å². The molecular formula is C9H9N5. The van der Waals surface area contributed by atoms with Crippen LogP contribution < -0.4 is 0 Å². The van der Waals surface area contributed by atoms with Crippen molar-refractivity contribution in [3.63, 3.8) is 0 Å². The van der Waals surface area contributed by atoms with E-state index in [1.54, 1.807) is 13.3 Å². The van der Waals surface area contributed by atoms with Crippen molar-refractivity contribution in [1.82, 2.24) is 20.2 Å². The highest BCUT2D eigenvalue weighted by Crippen LogP contribution is 2.02. The van der Waals surface area contributed by atoms with Gasteiger partial charge in [-0.15, -0.1) is 0 Å². The van der Waals surface area contributed by atoms with E-state index < -0.39 is 0 Å². The maximum atomic E-state index is 4.14. The van der Waals surface area contributed by atoms with Crippen molar-refractivity contribution < 1.29 is 0 Å². The largest absolute Gasteiger partial charge is 0.268 e. The molecule has 5 nitrogen and oxygen atoms in total. The maximum Gasteiger partial charge on any atom is 0.268 e. The minimum Gasteiger partial charge on any atom is -0.218 e. The number of nitrogens with zero attached hydrogens (tertiary/aromatic N) is 5. The number of hydrogen-bond donors (Lipinski definition) is 0. The molecule has 1 heterocycles. The van der Waals surface area contributed by atoms with Crippen LogP contribution in [0.5, 0.6) is 0 Å². The van der Waals surface area contributed by atoms with Crippen LogP contribution in [0.4, 0.5) is 5.95 Å². The van der Waals surface area contributed by atoms with Crippen LogP contribution in [0.25, 0.3) is 0 Å². The highest BCUT2D eigenvalue weighted by molar-refractivity contribution is 5.80. The van der Waals surface area contributed by atoms with Crippen LogP contribution in [-0.4, -0.2) is 26.4 Å². The molecule has 0 saturated carbocycles. The van der Waals surface area contributed by atoms with E-state index in [4.69, 9.17) is 0 Å². The van der Waals surface area contributed by atoms with Gasteiger partial charge in [0, 0.05) is 13.3 Å². The Morgan fingerprint density at radius 2 is 2.07 bits per heavy atom.